The molecule has 2 unspecified atom stereocenters. The maximum atomic E-state index is 6.04. The van der Waals surface area contributed by atoms with Crippen LogP contribution in [0, 0.1) is 5.92 Å². The summed E-state index contributed by atoms with van der Waals surface area (Å²) < 4.78 is 12.1. The van der Waals surface area contributed by atoms with E-state index < -0.39 is 0 Å². The van der Waals surface area contributed by atoms with Gasteiger partial charge in [-0.3, -0.25) is 0 Å². The highest BCUT2D eigenvalue weighted by molar-refractivity contribution is 6.55. The van der Waals surface area contributed by atoms with E-state index in [1.54, 1.807) is 0 Å². The molecule has 0 aromatic carbocycles. The van der Waals surface area contributed by atoms with E-state index in [9.17, 15) is 0 Å². The zero-order valence-corrected chi connectivity index (χ0v) is 11.3. The molecule has 0 aromatic rings. The van der Waals surface area contributed by atoms with Gasteiger partial charge in [-0.1, -0.05) is 18.2 Å². The second-order valence-electron chi connectivity index (χ2n) is 6.12. The molecule has 1 aliphatic carbocycles. The van der Waals surface area contributed by atoms with Crippen molar-refractivity contribution in [2.24, 2.45) is 11.0 Å². The van der Waals surface area contributed by atoms with E-state index in [1.807, 2.05) is 6.21 Å². The van der Waals surface area contributed by atoms with Crippen molar-refractivity contribution in [3.05, 3.63) is 23.7 Å². The number of allylic oxidation sites excluding steroid dienone is 2. The summed E-state index contributed by atoms with van der Waals surface area (Å²) in [6.45, 7) is 8.28. The zero-order chi connectivity index (χ0) is 13.0. The Balaban J connectivity index is 1.80. The van der Waals surface area contributed by atoms with Gasteiger partial charge in [-0.25, -0.2) is 0 Å². The van der Waals surface area contributed by atoms with Gasteiger partial charge in [0.05, 0.1) is 17.2 Å². The van der Waals surface area contributed by atoms with Crippen LogP contribution in [0.1, 0.15) is 27.7 Å². The van der Waals surface area contributed by atoms with Gasteiger partial charge < -0.3 is 14.7 Å². The average Bonchev–Trinajstić information content (AvgIpc) is 2.80. The lowest BCUT2D eigenvalue weighted by Crippen LogP contribution is -2.41. The Hall–Kier alpha value is -1.07. The quantitative estimate of drug-likeness (QED) is 0.716. The molecular weight excluding hydrogens is 227 g/mol. The Kier molecular flexibility index (Phi) is 2.47. The van der Waals surface area contributed by atoms with Crippen LogP contribution in [0.3, 0.4) is 0 Å². The maximum absolute atomic E-state index is 6.04. The van der Waals surface area contributed by atoms with E-state index in [1.165, 1.54) is 0 Å². The van der Waals surface area contributed by atoms with Crippen LogP contribution in [0.2, 0.25) is 0 Å². The van der Waals surface area contributed by atoms with Crippen molar-refractivity contribution in [3.63, 3.8) is 0 Å². The molecule has 1 N–H and O–H groups in total. The van der Waals surface area contributed by atoms with Crippen molar-refractivity contribution < 1.29 is 9.31 Å². The second kappa shape index (κ2) is 3.71. The molecule has 5 heteroatoms. The third-order valence-corrected chi connectivity index (χ3v) is 4.29. The fourth-order valence-electron chi connectivity index (χ4n) is 2.33. The first-order chi connectivity index (χ1) is 8.39. The molecule has 18 heavy (non-hydrogen) atoms. The number of hydrogen-bond acceptors (Lipinski definition) is 4. The first-order valence-electron chi connectivity index (χ1n) is 6.43. The van der Waals surface area contributed by atoms with E-state index in [0.717, 1.165) is 5.47 Å². The Morgan fingerprint density at radius 2 is 1.89 bits per heavy atom. The number of fused-ring (bicyclic) bond motifs is 1. The monoisotopic (exact) mass is 246 g/mol. The molecule has 3 rings (SSSR count). The van der Waals surface area contributed by atoms with Gasteiger partial charge in [0.15, 0.2) is 0 Å². The average molecular weight is 246 g/mol. The largest absolute Gasteiger partial charge is 0.494 e. The normalized spacial score (nSPS) is 35.3. The van der Waals surface area contributed by atoms with Crippen molar-refractivity contribution in [3.8, 4) is 0 Å². The summed E-state index contributed by atoms with van der Waals surface area (Å²) in [6, 6.07) is 0.240. The molecule has 4 nitrogen and oxygen atoms in total. The Labute approximate surface area is 108 Å². The van der Waals surface area contributed by atoms with Crippen LogP contribution < -0.4 is 5.43 Å². The minimum Gasteiger partial charge on any atom is -0.399 e. The van der Waals surface area contributed by atoms with E-state index >= 15 is 0 Å². The van der Waals surface area contributed by atoms with Crippen LogP contribution in [0.4, 0.5) is 0 Å². The lowest BCUT2D eigenvalue weighted by molar-refractivity contribution is 0.00578. The molecule has 3 aliphatic rings. The summed E-state index contributed by atoms with van der Waals surface area (Å²) in [6.07, 6.45) is 8.31. The van der Waals surface area contributed by atoms with Crippen LogP contribution in [0.5, 0.6) is 0 Å². The maximum Gasteiger partial charge on any atom is 0.494 e. The van der Waals surface area contributed by atoms with E-state index in [0.29, 0.717) is 5.92 Å². The fourth-order valence-corrected chi connectivity index (χ4v) is 2.33. The summed E-state index contributed by atoms with van der Waals surface area (Å²) in [5.41, 5.74) is 3.58. The second-order valence-corrected chi connectivity index (χ2v) is 6.12. The van der Waals surface area contributed by atoms with Gasteiger partial charge in [0.1, 0.15) is 0 Å². The first-order valence-corrected chi connectivity index (χ1v) is 6.43. The number of hydrogen-bond donors (Lipinski definition) is 1. The molecule has 96 valence electrons. The summed E-state index contributed by atoms with van der Waals surface area (Å²) in [5, 5.41) is 4.09. The van der Waals surface area contributed by atoms with Crippen molar-refractivity contribution in [2.75, 3.05) is 0 Å². The minimum atomic E-state index is -0.289. The highest BCUT2D eigenvalue weighted by Crippen LogP contribution is 2.39. The predicted molar refractivity (Wildman–Crippen MR) is 72.2 cm³/mol. The third kappa shape index (κ3) is 1.73. The lowest BCUT2D eigenvalue weighted by Gasteiger charge is -2.32. The van der Waals surface area contributed by atoms with E-state index in [-0.39, 0.29) is 24.4 Å². The zero-order valence-electron chi connectivity index (χ0n) is 11.3. The lowest BCUT2D eigenvalue weighted by atomic mass is 9.73. The third-order valence-electron chi connectivity index (χ3n) is 4.29. The number of rotatable bonds is 1. The Bertz CT molecular complexity index is 438. The molecule has 0 radical (unpaired) electrons. The first kappa shape index (κ1) is 12.0. The van der Waals surface area contributed by atoms with Gasteiger partial charge in [0, 0.05) is 12.1 Å². The summed E-state index contributed by atoms with van der Waals surface area (Å²) in [4.78, 5) is 0. The topological polar surface area (TPSA) is 42.8 Å². The van der Waals surface area contributed by atoms with Crippen LogP contribution in [0.25, 0.3) is 0 Å². The van der Waals surface area contributed by atoms with E-state index in [4.69, 9.17) is 9.31 Å². The van der Waals surface area contributed by atoms with Crippen molar-refractivity contribution in [2.45, 2.75) is 44.9 Å². The van der Waals surface area contributed by atoms with Crippen LogP contribution in [-0.4, -0.2) is 30.6 Å². The molecule has 0 saturated carbocycles. The van der Waals surface area contributed by atoms with Crippen molar-refractivity contribution >= 4 is 13.3 Å². The molecule has 1 fully saturated rings. The van der Waals surface area contributed by atoms with Gasteiger partial charge in [-0.2, -0.15) is 5.10 Å². The van der Waals surface area contributed by atoms with Crippen molar-refractivity contribution in [1.29, 1.82) is 0 Å². The highest BCUT2D eigenvalue weighted by atomic mass is 16.7. The van der Waals surface area contributed by atoms with Crippen LogP contribution >= 0.6 is 0 Å². The molecule has 1 saturated heterocycles. The standard InChI is InChI=1S/C13H19BN2O2/c1-12(2)13(3,4)18-14(17-12)10-6-5-9-8-15-16-11(9)7-10/h5-9,11,16H,1-4H3. The van der Waals surface area contributed by atoms with Gasteiger partial charge >= 0.3 is 7.12 Å². The van der Waals surface area contributed by atoms with Gasteiger partial charge in [-0.15, -0.1) is 0 Å². The highest BCUT2D eigenvalue weighted by Gasteiger charge is 2.52. The molecule has 2 atom stereocenters. The van der Waals surface area contributed by atoms with Crippen LogP contribution in [0.15, 0.2) is 28.8 Å². The van der Waals surface area contributed by atoms with Gasteiger partial charge in [-0.05, 0) is 33.2 Å². The molecule has 0 aromatic heterocycles. The number of nitrogens with one attached hydrogen (secondary N) is 1. The van der Waals surface area contributed by atoms with E-state index in [2.05, 4.69) is 56.5 Å². The SMILES string of the molecule is CC1(C)OB(C2=CC3NN=CC3C=C2)OC1(C)C. The molecule has 2 aliphatic heterocycles. The Morgan fingerprint density at radius 3 is 2.56 bits per heavy atom. The number of hydrazone groups is 1. The molecular formula is C13H19BN2O2. The summed E-state index contributed by atoms with van der Waals surface area (Å²) >= 11 is 0. The van der Waals surface area contributed by atoms with Crippen LogP contribution in [-0.2, 0) is 9.31 Å². The van der Waals surface area contributed by atoms with Crippen molar-refractivity contribution in [1.82, 2.24) is 5.43 Å². The molecule has 0 spiro atoms. The predicted octanol–water partition coefficient (Wildman–Crippen LogP) is 1.69. The van der Waals surface area contributed by atoms with Gasteiger partial charge in [0.25, 0.3) is 0 Å². The Morgan fingerprint density at radius 1 is 1.22 bits per heavy atom. The smallest absolute Gasteiger partial charge is 0.399 e. The molecule has 0 amide bonds. The number of nitrogens with zero attached hydrogens (tertiary/aromatic N) is 1. The summed E-state index contributed by atoms with van der Waals surface area (Å²) in [7, 11) is -0.283. The molecule has 0 bridgehead atoms. The summed E-state index contributed by atoms with van der Waals surface area (Å²) in [5.74, 6) is 0.358. The fraction of sp³-hybridized carbons (Fsp3) is 0.615. The molecule has 2 heterocycles. The minimum absolute atomic E-state index is 0.240. The van der Waals surface area contributed by atoms with Gasteiger partial charge in [0.2, 0.25) is 0 Å².